The molecule has 3 rings (SSSR count). The van der Waals surface area contributed by atoms with Gasteiger partial charge in [-0.05, 0) is 22.0 Å². The predicted molar refractivity (Wildman–Crippen MR) is 101 cm³/mol. The number of fused-ring (bicyclic) bond motifs is 1. The summed E-state index contributed by atoms with van der Waals surface area (Å²) in [4.78, 5) is 29.3. The van der Waals surface area contributed by atoms with Crippen LogP contribution < -0.4 is 16.2 Å². The summed E-state index contributed by atoms with van der Waals surface area (Å²) in [5.41, 5.74) is 0.772. The predicted octanol–water partition coefficient (Wildman–Crippen LogP) is 1.35. The first-order valence-corrected chi connectivity index (χ1v) is 8.47. The molecule has 130 valence electrons. The number of carbonyl (C=O) groups excluding carboxylic acids is 1. The van der Waals surface area contributed by atoms with Crippen LogP contribution in [0.4, 0.5) is 0 Å². The summed E-state index contributed by atoms with van der Waals surface area (Å²) < 4.78 is 0.766. The number of pyridine rings is 1. The SMILES string of the molecule is Cl.O=C(NCCN1CCNCC1)c1cc(=O)[nH]c2c(Br)cccc12. The fourth-order valence-corrected chi connectivity index (χ4v) is 3.25. The van der Waals surface area contributed by atoms with Crippen LogP contribution in [0.2, 0.25) is 0 Å². The van der Waals surface area contributed by atoms with Crippen molar-refractivity contribution in [3.05, 3.63) is 44.7 Å². The molecule has 0 radical (unpaired) electrons. The number of para-hydroxylation sites is 1. The molecule has 1 aliphatic heterocycles. The number of aromatic amines is 1. The Morgan fingerprint density at radius 2 is 2.04 bits per heavy atom. The molecule has 6 nitrogen and oxygen atoms in total. The van der Waals surface area contributed by atoms with E-state index in [1.807, 2.05) is 18.2 Å². The molecule has 8 heteroatoms. The zero-order valence-electron chi connectivity index (χ0n) is 13.1. The molecule has 2 heterocycles. The van der Waals surface area contributed by atoms with Crippen LogP contribution in [0.15, 0.2) is 33.5 Å². The topological polar surface area (TPSA) is 77.2 Å². The smallest absolute Gasteiger partial charge is 0.252 e. The van der Waals surface area contributed by atoms with E-state index in [1.165, 1.54) is 6.07 Å². The molecule has 0 bridgehead atoms. The Bertz CT molecular complexity index is 774. The zero-order chi connectivity index (χ0) is 16.2. The lowest BCUT2D eigenvalue weighted by Crippen LogP contribution is -2.46. The van der Waals surface area contributed by atoms with Gasteiger partial charge in [0.1, 0.15) is 0 Å². The van der Waals surface area contributed by atoms with Gasteiger partial charge < -0.3 is 15.6 Å². The second-order valence-electron chi connectivity index (χ2n) is 5.56. The number of H-pyrrole nitrogens is 1. The molecule has 0 saturated carbocycles. The van der Waals surface area contributed by atoms with E-state index < -0.39 is 0 Å². The van der Waals surface area contributed by atoms with Crippen molar-refractivity contribution in [2.75, 3.05) is 39.3 Å². The summed E-state index contributed by atoms with van der Waals surface area (Å²) in [6.07, 6.45) is 0. The Morgan fingerprint density at radius 3 is 2.79 bits per heavy atom. The average Bonchev–Trinajstić information content (AvgIpc) is 2.56. The molecule has 0 aliphatic carbocycles. The van der Waals surface area contributed by atoms with Crippen LogP contribution in [0.25, 0.3) is 10.9 Å². The van der Waals surface area contributed by atoms with Crippen LogP contribution >= 0.6 is 28.3 Å². The molecule has 1 amide bonds. The van der Waals surface area contributed by atoms with E-state index in [2.05, 4.69) is 36.4 Å². The Kier molecular flexibility index (Phi) is 6.79. The maximum atomic E-state index is 12.5. The van der Waals surface area contributed by atoms with Crippen molar-refractivity contribution in [2.45, 2.75) is 0 Å². The van der Waals surface area contributed by atoms with Crippen molar-refractivity contribution >= 4 is 45.1 Å². The van der Waals surface area contributed by atoms with Gasteiger partial charge in [-0.3, -0.25) is 14.5 Å². The van der Waals surface area contributed by atoms with Crippen LogP contribution in [-0.4, -0.2) is 55.1 Å². The van der Waals surface area contributed by atoms with Crippen LogP contribution in [0.5, 0.6) is 0 Å². The van der Waals surface area contributed by atoms with E-state index in [0.717, 1.165) is 42.6 Å². The highest BCUT2D eigenvalue weighted by Gasteiger charge is 2.14. The molecule has 0 unspecified atom stereocenters. The second kappa shape index (κ2) is 8.62. The maximum Gasteiger partial charge on any atom is 0.252 e. The number of halogens is 2. The molecule has 1 saturated heterocycles. The van der Waals surface area contributed by atoms with Gasteiger partial charge >= 0.3 is 0 Å². The Hall–Kier alpha value is -1.41. The number of piperazine rings is 1. The molecule has 3 N–H and O–H groups in total. The molecule has 1 aliphatic rings. The minimum absolute atomic E-state index is 0. The van der Waals surface area contributed by atoms with Crippen LogP contribution in [0, 0.1) is 0 Å². The number of hydrogen-bond donors (Lipinski definition) is 3. The fourth-order valence-electron chi connectivity index (χ4n) is 2.79. The number of nitrogens with zero attached hydrogens (tertiary/aromatic N) is 1. The van der Waals surface area contributed by atoms with Crippen LogP contribution in [0.1, 0.15) is 10.4 Å². The lowest BCUT2D eigenvalue weighted by Gasteiger charge is -2.27. The van der Waals surface area contributed by atoms with Crippen molar-refractivity contribution in [3.8, 4) is 0 Å². The number of benzene rings is 1. The van der Waals surface area contributed by atoms with E-state index in [9.17, 15) is 9.59 Å². The van der Waals surface area contributed by atoms with Gasteiger partial charge in [0.05, 0.1) is 11.1 Å². The number of hydrogen-bond acceptors (Lipinski definition) is 4. The minimum Gasteiger partial charge on any atom is -0.351 e. The van der Waals surface area contributed by atoms with E-state index in [0.29, 0.717) is 17.6 Å². The summed E-state index contributed by atoms with van der Waals surface area (Å²) in [5, 5.41) is 6.95. The second-order valence-corrected chi connectivity index (χ2v) is 6.41. The lowest BCUT2D eigenvalue weighted by molar-refractivity contribution is 0.0948. The number of aromatic nitrogens is 1. The van der Waals surface area contributed by atoms with Gasteiger partial charge in [-0.2, -0.15) is 0 Å². The molecule has 24 heavy (non-hydrogen) atoms. The van der Waals surface area contributed by atoms with Gasteiger partial charge in [0.25, 0.3) is 5.91 Å². The summed E-state index contributed by atoms with van der Waals surface area (Å²) in [7, 11) is 0. The van der Waals surface area contributed by atoms with Crippen molar-refractivity contribution in [3.63, 3.8) is 0 Å². The highest BCUT2D eigenvalue weighted by Crippen LogP contribution is 2.23. The summed E-state index contributed by atoms with van der Waals surface area (Å²) >= 11 is 3.40. The van der Waals surface area contributed by atoms with Crippen LogP contribution in [0.3, 0.4) is 0 Å². The molecule has 1 aromatic heterocycles. The van der Waals surface area contributed by atoms with Gasteiger partial charge in [0.2, 0.25) is 5.56 Å². The van der Waals surface area contributed by atoms with Gasteiger partial charge in [-0.15, -0.1) is 12.4 Å². The molecular formula is C16H20BrClN4O2. The van der Waals surface area contributed by atoms with Gasteiger partial charge in [0.15, 0.2) is 0 Å². The number of carbonyl (C=O) groups is 1. The molecular weight excluding hydrogens is 396 g/mol. The summed E-state index contributed by atoms with van der Waals surface area (Å²) in [6, 6.07) is 6.88. The van der Waals surface area contributed by atoms with E-state index in [1.54, 1.807) is 0 Å². The van der Waals surface area contributed by atoms with E-state index in [4.69, 9.17) is 0 Å². The normalized spacial score (nSPS) is 15.0. The van der Waals surface area contributed by atoms with Crippen molar-refractivity contribution < 1.29 is 4.79 Å². The fraction of sp³-hybridized carbons (Fsp3) is 0.375. The third kappa shape index (κ3) is 4.36. The van der Waals surface area contributed by atoms with Crippen LogP contribution in [-0.2, 0) is 0 Å². The van der Waals surface area contributed by atoms with E-state index in [-0.39, 0.29) is 23.9 Å². The van der Waals surface area contributed by atoms with Crippen molar-refractivity contribution in [1.29, 1.82) is 0 Å². The minimum atomic E-state index is -0.281. The average molecular weight is 416 g/mol. The lowest BCUT2D eigenvalue weighted by atomic mass is 10.1. The number of rotatable bonds is 4. The quantitative estimate of drug-likeness (QED) is 0.704. The molecule has 2 aromatic rings. The summed E-state index contributed by atoms with van der Waals surface area (Å²) in [6.45, 7) is 5.36. The monoisotopic (exact) mass is 414 g/mol. The molecule has 0 atom stereocenters. The zero-order valence-corrected chi connectivity index (χ0v) is 15.5. The standard InChI is InChI=1S/C16H19BrN4O2.ClH/c17-13-3-1-2-11-12(10-14(22)20-15(11)13)16(23)19-6-9-21-7-4-18-5-8-21;/h1-3,10,18H,4-9H2,(H,19,23)(H,20,22);1H. The first-order valence-electron chi connectivity index (χ1n) is 7.68. The van der Waals surface area contributed by atoms with Gasteiger partial charge in [-0.1, -0.05) is 12.1 Å². The molecule has 1 aromatic carbocycles. The third-order valence-corrected chi connectivity index (χ3v) is 4.66. The first-order chi connectivity index (χ1) is 11.1. The Balaban J connectivity index is 0.00000208. The van der Waals surface area contributed by atoms with Gasteiger partial charge in [-0.25, -0.2) is 0 Å². The third-order valence-electron chi connectivity index (χ3n) is 4.00. The Labute approximate surface area is 154 Å². The van der Waals surface area contributed by atoms with Crippen molar-refractivity contribution in [2.24, 2.45) is 0 Å². The van der Waals surface area contributed by atoms with Gasteiger partial charge in [0, 0.05) is 55.2 Å². The maximum absolute atomic E-state index is 12.5. The largest absolute Gasteiger partial charge is 0.351 e. The number of nitrogens with one attached hydrogen (secondary N) is 3. The van der Waals surface area contributed by atoms with E-state index >= 15 is 0 Å². The number of amides is 1. The van der Waals surface area contributed by atoms with Crippen molar-refractivity contribution in [1.82, 2.24) is 20.5 Å². The highest BCUT2D eigenvalue weighted by atomic mass is 79.9. The highest BCUT2D eigenvalue weighted by molar-refractivity contribution is 9.10. The Morgan fingerprint density at radius 1 is 1.29 bits per heavy atom. The molecule has 1 fully saturated rings. The first kappa shape index (κ1) is 18.9. The summed E-state index contributed by atoms with van der Waals surface area (Å²) in [5.74, 6) is -0.214. The molecule has 0 spiro atoms.